The SMILES string of the molecule is O=C1CC(CO)CN1c1ccccn1. The van der Waals surface area contributed by atoms with Crippen LogP contribution in [0.25, 0.3) is 0 Å². The second-order valence-electron chi connectivity index (χ2n) is 3.45. The third-order valence-corrected chi connectivity index (χ3v) is 2.39. The van der Waals surface area contributed by atoms with Crippen LogP contribution in [0.1, 0.15) is 6.42 Å². The molecule has 0 aromatic carbocycles. The van der Waals surface area contributed by atoms with Crippen molar-refractivity contribution >= 4 is 11.7 Å². The molecule has 1 aromatic heterocycles. The molecule has 4 nitrogen and oxygen atoms in total. The van der Waals surface area contributed by atoms with Gasteiger partial charge in [-0.3, -0.25) is 9.69 Å². The minimum absolute atomic E-state index is 0.0442. The Morgan fingerprint density at radius 3 is 3.00 bits per heavy atom. The van der Waals surface area contributed by atoms with Gasteiger partial charge in [-0.05, 0) is 12.1 Å². The van der Waals surface area contributed by atoms with E-state index < -0.39 is 0 Å². The molecule has 1 aliphatic rings. The van der Waals surface area contributed by atoms with Crippen molar-refractivity contribution < 1.29 is 9.90 Å². The fraction of sp³-hybridized carbons (Fsp3) is 0.400. The number of anilines is 1. The van der Waals surface area contributed by atoms with Crippen LogP contribution in [0.2, 0.25) is 0 Å². The zero-order chi connectivity index (χ0) is 9.97. The van der Waals surface area contributed by atoms with Crippen molar-refractivity contribution in [2.24, 2.45) is 5.92 Å². The van der Waals surface area contributed by atoms with E-state index in [2.05, 4.69) is 4.98 Å². The lowest BCUT2D eigenvalue weighted by atomic mass is 10.1. The van der Waals surface area contributed by atoms with Gasteiger partial charge in [0.1, 0.15) is 5.82 Å². The molecule has 1 amide bonds. The van der Waals surface area contributed by atoms with Gasteiger partial charge in [0, 0.05) is 31.7 Å². The summed E-state index contributed by atoms with van der Waals surface area (Å²) >= 11 is 0. The first-order chi connectivity index (χ1) is 6.81. The minimum atomic E-state index is 0.0442. The standard InChI is InChI=1S/C10H12N2O2/c13-7-8-5-10(14)12(6-8)9-3-1-2-4-11-9/h1-4,8,13H,5-7H2. The molecule has 2 rings (SSSR count). The molecule has 14 heavy (non-hydrogen) atoms. The molecule has 1 N–H and O–H groups in total. The summed E-state index contributed by atoms with van der Waals surface area (Å²) in [4.78, 5) is 17.2. The van der Waals surface area contributed by atoms with Gasteiger partial charge in [-0.25, -0.2) is 4.98 Å². The second kappa shape index (κ2) is 3.75. The second-order valence-corrected chi connectivity index (χ2v) is 3.45. The van der Waals surface area contributed by atoms with E-state index >= 15 is 0 Å². The van der Waals surface area contributed by atoms with Crippen LogP contribution in [0.5, 0.6) is 0 Å². The molecular weight excluding hydrogens is 180 g/mol. The molecule has 2 heterocycles. The van der Waals surface area contributed by atoms with Crippen molar-refractivity contribution in [1.29, 1.82) is 0 Å². The molecular formula is C10H12N2O2. The monoisotopic (exact) mass is 192 g/mol. The maximum Gasteiger partial charge on any atom is 0.228 e. The third-order valence-electron chi connectivity index (χ3n) is 2.39. The number of nitrogens with zero attached hydrogens (tertiary/aromatic N) is 2. The first-order valence-electron chi connectivity index (χ1n) is 4.63. The van der Waals surface area contributed by atoms with Gasteiger partial charge in [0.05, 0.1) is 0 Å². The predicted octanol–water partition coefficient (Wildman–Crippen LogP) is 0.427. The van der Waals surface area contributed by atoms with E-state index in [-0.39, 0.29) is 18.4 Å². The van der Waals surface area contributed by atoms with Crippen molar-refractivity contribution in [2.45, 2.75) is 6.42 Å². The number of pyridine rings is 1. The van der Waals surface area contributed by atoms with Crippen LogP contribution in [-0.4, -0.2) is 29.1 Å². The Morgan fingerprint density at radius 2 is 2.43 bits per heavy atom. The van der Waals surface area contributed by atoms with Crippen LogP contribution in [0, 0.1) is 5.92 Å². The van der Waals surface area contributed by atoms with Gasteiger partial charge in [-0.15, -0.1) is 0 Å². The maximum absolute atomic E-state index is 11.5. The average molecular weight is 192 g/mol. The summed E-state index contributed by atoms with van der Waals surface area (Å²) in [6.45, 7) is 0.640. The number of carbonyl (C=O) groups excluding carboxylic acids is 1. The number of amides is 1. The Morgan fingerprint density at radius 1 is 1.57 bits per heavy atom. The number of aromatic nitrogens is 1. The Kier molecular flexibility index (Phi) is 2.45. The topological polar surface area (TPSA) is 53.4 Å². The molecule has 1 fully saturated rings. The fourth-order valence-electron chi connectivity index (χ4n) is 1.64. The van der Waals surface area contributed by atoms with Gasteiger partial charge in [0.15, 0.2) is 0 Å². The number of carbonyl (C=O) groups is 1. The Hall–Kier alpha value is -1.42. The van der Waals surface area contributed by atoms with Gasteiger partial charge in [-0.1, -0.05) is 6.07 Å². The van der Waals surface area contributed by atoms with Crippen molar-refractivity contribution in [1.82, 2.24) is 4.98 Å². The molecule has 1 aliphatic heterocycles. The van der Waals surface area contributed by atoms with Crippen molar-refractivity contribution in [3.05, 3.63) is 24.4 Å². The first-order valence-corrected chi connectivity index (χ1v) is 4.63. The number of aliphatic hydroxyl groups is 1. The minimum Gasteiger partial charge on any atom is -0.396 e. The summed E-state index contributed by atoms with van der Waals surface area (Å²) in [7, 11) is 0. The molecule has 1 atom stereocenters. The van der Waals surface area contributed by atoms with Gasteiger partial charge in [0.25, 0.3) is 0 Å². The van der Waals surface area contributed by atoms with Crippen molar-refractivity contribution in [3.63, 3.8) is 0 Å². The summed E-state index contributed by atoms with van der Waals surface area (Å²) in [5, 5.41) is 8.95. The van der Waals surface area contributed by atoms with Crippen molar-refractivity contribution in [2.75, 3.05) is 18.1 Å². The quantitative estimate of drug-likeness (QED) is 0.739. The summed E-state index contributed by atoms with van der Waals surface area (Å²) in [5.74, 6) is 0.778. The molecule has 1 saturated heterocycles. The number of hydrogen-bond donors (Lipinski definition) is 1. The average Bonchev–Trinajstić information content (AvgIpc) is 2.61. The van der Waals surface area contributed by atoms with Gasteiger partial charge in [0.2, 0.25) is 5.91 Å². The molecule has 0 aliphatic carbocycles. The Labute approximate surface area is 82.2 Å². The van der Waals surface area contributed by atoms with E-state index in [4.69, 9.17) is 5.11 Å². The molecule has 4 heteroatoms. The normalized spacial score (nSPS) is 21.6. The largest absolute Gasteiger partial charge is 0.396 e. The molecule has 1 aromatic rings. The summed E-state index contributed by atoms with van der Waals surface area (Å²) in [6.07, 6.45) is 2.09. The van der Waals surface area contributed by atoms with Crippen LogP contribution in [0.4, 0.5) is 5.82 Å². The summed E-state index contributed by atoms with van der Waals surface area (Å²) in [6, 6.07) is 5.47. The summed E-state index contributed by atoms with van der Waals surface area (Å²) in [5.41, 5.74) is 0. The molecule has 0 bridgehead atoms. The van der Waals surface area contributed by atoms with Gasteiger partial charge >= 0.3 is 0 Å². The van der Waals surface area contributed by atoms with Gasteiger partial charge < -0.3 is 5.11 Å². The molecule has 1 unspecified atom stereocenters. The lowest BCUT2D eigenvalue weighted by Crippen LogP contribution is -2.25. The van der Waals surface area contributed by atoms with E-state index in [1.54, 1.807) is 17.2 Å². The Balaban J connectivity index is 2.17. The van der Waals surface area contributed by atoms with Crippen molar-refractivity contribution in [3.8, 4) is 0 Å². The zero-order valence-electron chi connectivity index (χ0n) is 7.76. The molecule has 74 valence electrons. The number of aliphatic hydroxyl groups excluding tert-OH is 1. The van der Waals surface area contributed by atoms with E-state index in [9.17, 15) is 4.79 Å². The molecule has 0 saturated carbocycles. The number of rotatable bonds is 2. The van der Waals surface area contributed by atoms with E-state index in [1.165, 1.54) is 0 Å². The fourth-order valence-corrected chi connectivity index (χ4v) is 1.64. The van der Waals surface area contributed by atoms with E-state index in [1.807, 2.05) is 12.1 Å². The van der Waals surface area contributed by atoms with Crippen LogP contribution in [0.3, 0.4) is 0 Å². The molecule has 0 radical (unpaired) electrons. The smallest absolute Gasteiger partial charge is 0.228 e. The highest BCUT2D eigenvalue weighted by Crippen LogP contribution is 2.22. The zero-order valence-corrected chi connectivity index (χ0v) is 7.76. The molecule has 0 spiro atoms. The number of hydrogen-bond acceptors (Lipinski definition) is 3. The highest BCUT2D eigenvalue weighted by atomic mass is 16.3. The summed E-state index contributed by atoms with van der Waals surface area (Å²) < 4.78 is 0. The van der Waals surface area contributed by atoms with Crippen LogP contribution in [-0.2, 0) is 4.79 Å². The first kappa shape index (κ1) is 9.15. The van der Waals surface area contributed by atoms with Crippen LogP contribution < -0.4 is 4.90 Å². The Bertz CT molecular complexity index is 326. The lowest BCUT2D eigenvalue weighted by molar-refractivity contribution is -0.117. The predicted molar refractivity (Wildman–Crippen MR) is 51.8 cm³/mol. The lowest BCUT2D eigenvalue weighted by Gasteiger charge is -2.14. The third kappa shape index (κ3) is 1.61. The van der Waals surface area contributed by atoms with E-state index in [0.29, 0.717) is 18.8 Å². The highest BCUT2D eigenvalue weighted by molar-refractivity contribution is 5.94. The van der Waals surface area contributed by atoms with Crippen LogP contribution in [0.15, 0.2) is 24.4 Å². The van der Waals surface area contributed by atoms with E-state index in [0.717, 1.165) is 0 Å². The van der Waals surface area contributed by atoms with Gasteiger partial charge in [-0.2, -0.15) is 0 Å². The maximum atomic E-state index is 11.5. The van der Waals surface area contributed by atoms with Crippen LogP contribution >= 0.6 is 0 Å². The highest BCUT2D eigenvalue weighted by Gasteiger charge is 2.30.